The summed E-state index contributed by atoms with van der Waals surface area (Å²) >= 11 is 6.12. The Bertz CT molecular complexity index is 638. The van der Waals surface area contributed by atoms with Crippen LogP contribution in [0.4, 0.5) is 5.69 Å². The predicted octanol–water partition coefficient (Wildman–Crippen LogP) is 4.38. The Balaban J connectivity index is 2.05. The van der Waals surface area contributed by atoms with Crippen LogP contribution in [0, 0.1) is 11.3 Å². The smallest absolute Gasteiger partial charge is 0.0992 e. The number of rotatable bonds is 6. The lowest BCUT2D eigenvalue weighted by atomic mass is 10.2. The van der Waals surface area contributed by atoms with Crippen LogP contribution in [0.1, 0.15) is 44.0 Å². The van der Waals surface area contributed by atoms with E-state index >= 15 is 0 Å². The van der Waals surface area contributed by atoms with E-state index in [1.54, 1.807) is 18.2 Å². The fraction of sp³-hybridized carbons (Fsp3) is 0.375. The molecule has 21 heavy (non-hydrogen) atoms. The highest BCUT2D eigenvalue weighted by Gasteiger charge is 2.08. The highest BCUT2D eigenvalue weighted by molar-refractivity contribution is 6.33. The van der Waals surface area contributed by atoms with Crippen LogP contribution in [-0.2, 0) is 6.54 Å². The average molecular weight is 303 g/mol. The van der Waals surface area contributed by atoms with Gasteiger partial charge in [0.15, 0.2) is 0 Å². The molecule has 2 aromatic rings. The van der Waals surface area contributed by atoms with Crippen LogP contribution in [-0.4, -0.2) is 9.78 Å². The van der Waals surface area contributed by atoms with Crippen molar-refractivity contribution in [2.45, 2.75) is 39.3 Å². The van der Waals surface area contributed by atoms with E-state index in [9.17, 15) is 0 Å². The van der Waals surface area contributed by atoms with Crippen LogP contribution in [0.3, 0.4) is 0 Å². The molecule has 0 aliphatic rings. The summed E-state index contributed by atoms with van der Waals surface area (Å²) in [6, 6.07) is 9.75. The zero-order valence-corrected chi connectivity index (χ0v) is 13.1. The number of nitrogens with zero attached hydrogens (tertiary/aromatic N) is 3. The molecule has 0 saturated carbocycles. The number of anilines is 1. The first-order chi connectivity index (χ1) is 10.2. The molecule has 0 fully saturated rings. The third kappa shape index (κ3) is 3.77. The maximum atomic E-state index is 8.92. The van der Waals surface area contributed by atoms with Crippen LogP contribution in [0.25, 0.3) is 0 Å². The van der Waals surface area contributed by atoms with Crippen molar-refractivity contribution in [3.8, 4) is 6.07 Å². The van der Waals surface area contributed by atoms with Crippen LogP contribution in [0.5, 0.6) is 0 Å². The maximum absolute atomic E-state index is 8.92. The molecule has 0 spiro atoms. The number of benzene rings is 1. The second-order valence-corrected chi connectivity index (χ2v) is 5.32. The van der Waals surface area contributed by atoms with Gasteiger partial charge in [0, 0.05) is 6.20 Å². The first kappa shape index (κ1) is 15.4. The average Bonchev–Trinajstić information content (AvgIpc) is 2.96. The Kier molecular flexibility index (Phi) is 5.24. The van der Waals surface area contributed by atoms with Gasteiger partial charge in [-0.25, -0.2) is 0 Å². The van der Waals surface area contributed by atoms with Gasteiger partial charge >= 0.3 is 0 Å². The lowest BCUT2D eigenvalue weighted by Gasteiger charge is -2.12. The zero-order chi connectivity index (χ0) is 15.2. The van der Waals surface area contributed by atoms with Gasteiger partial charge < -0.3 is 5.32 Å². The van der Waals surface area contributed by atoms with Gasteiger partial charge in [-0.3, -0.25) is 4.68 Å². The molecule has 0 saturated heterocycles. The molecule has 1 N–H and O–H groups in total. The summed E-state index contributed by atoms with van der Waals surface area (Å²) in [4.78, 5) is 0. The van der Waals surface area contributed by atoms with Gasteiger partial charge in [0.05, 0.1) is 40.6 Å². The molecule has 0 unspecified atom stereocenters. The molecular formula is C16H19ClN4. The van der Waals surface area contributed by atoms with Crippen molar-refractivity contribution >= 4 is 17.3 Å². The molecule has 2 rings (SSSR count). The molecule has 5 heteroatoms. The standard InChI is InChI=1S/C16H19ClN4/c1-3-14(4-2)21-8-7-13(20-21)11-19-16-9-12(10-18)5-6-15(16)17/h5-9,14,19H,3-4,11H2,1-2H3. The Morgan fingerprint density at radius 1 is 1.33 bits per heavy atom. The summed E-state index contributed by atoms with van der Waals surface area (Å²) in [5.41, 5.74) is 2.30. The minimum absolute atomic E-state index is 0.448. The highest BCUT2D eigenvalue weighted by atomic mass is 35.5. The van der Waals surface area contributed by atoms with E-state index in [-0.39, 0.29) is 0 Å². The van der Waals surface area contributed by atoms with E-state index in [4.69, 9.17) is 16.9 Å². The van der Waals surface area contributed by atoms with E-state index in [0.29, 0.717) is 23.2 Å². The molecule has 0 radical (unpaired) electrons. The van der Waals surface area contributed by atoms with Crippen LogP contribution in [0.2, 0.25) is 5.02 Å². The molecule has 1 heterocycles. The number of halogens is 1. The molecule has 0 aliphatic heterocycles. The Morgan fingerprint density at radius 2 is 2.10 bits per heavy atom. The van der Waals surface area contributed by atoms with Gasteiger partial charge in [-0.15, -0.1) is 0 Å². The Morgan fingerprint density at radius 3 is 2.76 bits per heavy atom. The fourth-order valence-corrected chi connectivity index (χ4v) is 2.44. The van der Waals surface area contributed by atoms with Gasteiger partial charge in [0.25, 0.3) is 0 Å². The largest absolute Gasteiger partial charge is 0.378 e. The van der Waals surface area contributed by atoms with E-state index in [0.717, 1.165) is 24.2 Å². The minimum atomic E-state index is 0.448. The minimum Gasteiger partial charge on any atom is -0.378 e. The summed E-state index contributed by atoms with van der Waals surface area (Å²) < 4.78 is 2.02. The predicted molar refractivity (Wildman–Crippen MR) is 85.3 cm³/mol. The van der Waals surface area contributed by atoms with Crippen molar-refractivity contribution in [2.75, 3.05) is 5.32 Å². The first-order valence-electron chi connectivity index (χ1n) is 7.15. The van der Waals surface area contributed by atoms with Crippen molar-refractivity contribution in [3.63, 3.8) is 0 Å². The third-order valence-corrected chi connectivity index (χ3v) is 3.87. The van der Waals surface area contributed by atoms with Gasteiger partial charge in [0.2, 0.25) is 0 Å². The molecule has 1 aromatic carbocycles. The number of hydrogen-bond acceptors (Lipinski definition) is 3. The number of nitriles is 1. The topological polar surface area (TPSA) is 53.6 Å². The van der Waals surface area contributed by atoms with Crippen molar-refractivity contribution in [2.24, 2.45) is 0 Å². The maximum Gasteiger partial charge on any atom is 0.0992 e. The second-order valence-electron chi connectivity index (χ2n) is 4.92. The normalized spacial score (nSPS) is 10.6. The summed E-state index contributed by atoms with van der Waals surface area (Å²) in [6.07, 6.45) is 4.16. The van der Waals surface area contributed by atoms with Crippen molar-refractivity contribution in [1.82, 2.24) is 9.78 Å². The number of nitrogens with one attached hydrogen (secondary N) is 1. The summed E-state index contributed by atoms with van der Waals surface area (Å²) in [7, 11) is 0. The fourth-order valence-electron chi connectivity index (χ4n) is 2.25. The lowest BCUT2D eigenvalue weighted by molar-refractivity contribution is 0.426. The first-order valence-corrected chi connectivity index (χ1v) is 7.53. The van der Waals surface area contributed by atoms with Gasteiger partial charge in [0.1, 0.15) is 0 Å². The van der Waals surface area contributed by atoms with Crippen molar-refractivity contribution in [3.05, 3.63) is 46.7 Å². The molecular weight excluding hydrogens is 284 g/mol. The number of aromatic nitrogens is 2. The van der Waals surface area contributed by atoms with E-state index in [1.807, 2.05) is 16.9 Å². The summed E-state index contributed by atoms with van der Waals surface area (Å²) in [6.45, 7) is 4.92. The highest BCUT2D eigenvalue weighted by Crippen LogP contribution is 2.23. The van der Waals surface area contributed by atoms with Crippen LogP contribution in [0.15, 0.2) is 30.5 Å². The summed E-state index contributed by atoms with van der Waals surface area (Å²) in [5.74, 6) is 0. The van der Waals surface area contributed by atoms with Crippen molar-refractivity contribution < 1.29 is 0 Å². The summed E-state index contributed by atoms with van der Waals surface area (Å²) in [5, 5.41) is 17.3. The second kappa shape index (κ2) is 7.14. The molecule has 0 atom stereocenters. The quantitative estimate of drug-likeness (QED) is 0.861. The van der Waals surface area contributed by atoms with E-state index in [2.05, 4.69) is 30.3 Å². The van der Waals surface area contributed by atoms with Crippen LogP contribution >= 0.6 is 11.6 Å². The third-order valence-electron chi connectivity index (χ3n) is 3.54. The van der Waals surface area contributed by atoms with Gasteiger partial charge in [-0.1, -0.05) is 25.4 Å². The SMILES string of the molecule is CCC(CC)n1ccc(CNc2cc(C#N)ccc2Cl)n1. The van der Waals surface area contributed by atoms with E-state index < -0.39 is 0 Å². The van der Waals surface area contributed by atoms with Gasteiger partial charge in [-0.05, 0) is 37.1 Å². The van der Waals surface area contributed by atoms with E-state index in [1.165, 1.54) is 0 Å². The van der Waals surface area contributed by atoms with Crippen molar-refractivity contribution in [1.29, 1.82) is 5.26 Å². The molecule has 0 amide bonds. The molecule has 0 bridgehead atoms. The molecule has 110 valence electrons. The Hall–Kier alpha value is -1.99. The number of hydrogen-bond donors (Lipinski definition) is 1. The Labute approximate surface area is 130 Å². The lowest BCUT2D eigenvalue weighted by Crippen LogP contribution is -2.09. The molecule has 1 aromatic heterocycles. The molecule has 0 aliphatic carbocycles. The zero-order valence-electron chi connectivity index (χ0n) is 12.3. The van der Waals surface area contributed by atoms with Crippen LogP contribution < -0.4 is 5.32 Å². The monoisotopic (exact) mass is 302 g/mol. The van der Waals surface area contributed by atoms with Gasteiger partial charge in [-0.2, -0.15) is 10.4 Å². The molecule has 4 nitrogen and oxygen atoms in total.